The maximum atomic E-state index is 13.0. The molecule has 258 valence electrons. The van der Waals surface area contributed by atoms with Gasteiger partial charge in [-0.2, -0.15) is 0 Å². The lowest BCUT2D eigenvalue weighted by Gasteiger charge is -2.24. The lowest BCUT2D eigenvalue weighted by molar-refractivity contribution is -0.133. The van der Waals surface area contributed by atoms with Crippen LogP contribution < -0.4 is 26.4 Å². The Morgan fingerprint density at radius 3 is 2.51 bits per heavy atom. The fourth-order valence-corrected chi connectivity index (χ4v) is 6.30. The first-order valence-corrected chi connectivity index (χ1v) is 16.9. The van der Waals surface area contributed by atoms with Crippen LogP contribution in [0.2, 0.25) is 0 Å². The Bertz CT molecular complexity index is 2300. The summed E-state index contributed by atoms with van der Waals surface area (Å²) in [6.07, 6.45) is 3.29. The number of aromatic nitrogens is 2. The molecule has 10 nitrogen and oxygen atoms in total. The van der Waals surface area contributed by atoms with Gasteiger partial charge in [-0.15, -0.1) is 0 Å². The second kappa shape index (κ2) is 14.7. The molecule has 0 saturated carbocycles. The van der Waals surface area contributed by atoms with Gasteiger partial charge in [0.1, 0.15) is 11.7 Å². The molecule has 1 aliphatic rings. The van der Waals surface area contributed by atoms with Gasteiger partial charge in [0.25, 0.3) is 11.5 Å². The minimum atomic E-state index is -0.479. The van der Waals surface area contributed by atoms with Crippen molar-refractivity contribution in [3.8, 4) is 23.0 Å². The first kappa shape index (κ1) is 34.6. The van der Waals surface area contributed by atoms with Crippen LogP contribution in [0, 0.1) is 25.7 Å². The average molecular weight is 681 g/mol. The van der Waals surface area contributed by atoms with E-state index in [9.17, 15) is 19.2 Å². The summed E-state index contributed by atoms with van der Waals surface area (Å²) in [5, 5.41) is 9.34. The van der Waals surface area contributed by atoms with Crippen molar-refractivity contribution in [3.63, 3.8) is 0 Å². The van der Waals surface area contributed by atoms with Crippen molar-refractivity contribution in [1.29, 1.82) is 0 Å². The van der Waals surface area contributed by atoms with Gasteiger partial charge in [0.05, 0.1) is 17.7 Å². The lowest BCUT2D eigenvalue weighted by atomic mass is 10.0. The predicted octanol–water partition coefficient (Wildman–Crippen LogP) is 5.55. The number of piperidine rings is 1. The van der Waals surface area contributed by atoms with E-state index < -0.39 is 6.04 Å². The number of hydrogen-bond donors (Lipinski definition) is 3. The maximum Gasteiger partial charge on any atom is 0.270 e. The number of nitrogens with one attached hydrogen (secondary N) is 3. The van der Waals surface area contributed by atoms with Crippen LogP contribution in [-0.2, 0) is 23.1 Å². The van der Waals surface area contributed by atoms with E-state index in [1.54, 1.807) is 10.8 Å². The fraction of sp³-hybridized carbons (Fsp3) is 0.244. The highest BCUT2D eigenvalue weighted by atomic mass is 16.2. The Morgan fingerprint density at radius 1 is 1.00 bits per heavy atom. The maximum absolute atomic E-state index is 13.0. The smallest absolute Gasteiger partial charge is 0.270 e. The topological polar surface area (TPSA) is 125 Å². The van der Waals surface area contributed by atoms with Crippen LogP contribution in [0.4, 0.5) is 17.1 Å². The first-order chi connectivity index (χ1) is 24.5. The number of benzene rings is 3. The molecule has 0 radical (unpaired) electrons. The normalized spacial score (nSPS) is 14.0. The molecule has 1 fully saturated rings. The number of fused-ring (bicyclic) bond motifs is 1. The summed E-state index contributed by atoms with van der Waals surface area (Å²) < 4.78 is 1.73. The lowest BCUT2D eigenvalue weighted by Crippen LogP contribution is -2.47. The second-order valence-electron chi connectivity index (χ2n) is 12.8. The van der Waals surface area contributed by atoms with Gasteiger partial charge in [0.15, 0.2) is 0 Å². The summed E-state index contributed by atoms with van der Waals surface area (Å²) in [5.74, 6) is 5.11. The van der Waals surface area contributed by atoms with E-state index >= 15 is 0 Å². The third kappa shape index (κ3) is 7.53. The standard InChI is InChI=1S/C41H40N6O4/c1-6-27-22-35(33-20-26(3)41(51)47(5)36(33)23-27)46(4)32-14-12-29(13-15-32)30-19-25(2)38(43-24-30)40(50)42-18-8-10-28-9-7-11-31(21-28)44-34-16-17-37(48)45-39(34)49/h7,9,11-15,19-24,34,44H,6,16-18H2,1-5H3,(H,42,50)(H,45,48,49). The SMILES string of the molecule is CCc1cc(N(C)c2ccc(-c3cnc(C(=O)NCC#Cc4cccc(NC5CCC(=O)NC5=O)c4)c(C)c3)cc2)c2cc(C)c(=O)n(C)c2c1. The molecule has 3 aromatic carbocycles. The molecule has 3 amide bonds. The summed E-state index contributed by atoms with van der Waals surface area (Å²) in [4.78, 5) is 55.8. The van der Waals surface area contributed by atoms with Crippen LogP contribution in [0.15, 0.2) is 83.8 Å². The van der Waals surface area contributed by atoms with Crippen LogP contribution in [0.1, 0.15) is 52.5 Å². The molecule has 10 heteroatoms. The van der Waals surface area contributed by atoms with Gasteiger partial charge in [-0.25, -0.2) is 0 Å². The van der Waals surface area contributed by atoms with Crippen LogP contribution in [0.25, 0.3) is 22.0 Å². The van der Waals surface area contributed by atoms with E-state index in [-0.39, 0.29) is 29.8 Å². The minimum absolute atomic E-state index is 0.0101. The van der Waals surface area contributed by atoms with E-state index in [0.717, 1.165) is 62.2 Å². The van der Waals surface area contributed by atoms with Gasteiger partial charge in [0.2, 0.25) is 11.8 Å². The fourth-order valence-electron chi connectivity index (χ4n) is 6.30. The van der Waals surface area contributed by atoms with E-state index in [0.29, 0.717) is 24.1 Å². The van der Waals surface area contributed by atoms with Crippen molar-refractivity contribution in [2.24, 2.45) is 7.05 Å². The average Bonchev–Trinajstić information content (AvgIpc) is 3.13. The highest BCUT2D eigenvalue weighted by Gasteiger charge is 2.26. The Kier molecular flexibility index (Phi) is 10.0. The van der Waals surface area contributed by atoms with Crippen LogP contribution in [-0.4, -0.2) is 46.9 Å². The first-order valence-electron chi connectivity index (χ1n) is 16.9. The molecule has 0 spiro atoms. The number of nitrogens with zero attached hydrogens (tertiary/aromatic N) is 3. The molecule has 0 aliphatic carbocycles. The quantitative estimate of drug-likeness (QED) is 0.145. The van der Waals surface area contributed by atoms with Gasteiger partial charge < -0.3 is 20.1 Å². The zero-order chi connectivity index (χ0) is 36.2. The zero-order valence-corrected chi connectivity index (χ0v) is 29.4. The molecule has 3 N–H and O–H groups in total. The number of carbonyl (C=O) groups is 3. The molecule has 2 aromatic heterocycles. The number of carbonyl (C=O) groups excluding carboxylic acids is 3. The summed E-state index contributed by atoms with van der Waals surface area (Å²) in [6.45, 7) is 5.96. The number of pyridine rings is 2. The number of aryl methyl sites for hydroxylation is 4. The van der Waals surface area contributed by atoms with Crippen LogP contribution in [0.5, 0.6) is 0 Å². The molecule has 1 unspecified atom stereocenters. The highest BCUT2D eigenvalue weighted by Crippen LogP contribution is 2.34. The molecule has 1 atom stereocenters. The number of amides is 3. The van der Waals surface area contributed by atoms with Crippen molar-refractivity contribution >= 4 is 45.7 Å². The van der Waals surface area contributed by atoms with Crippen molar-refractivity contribution in [2.75, 3.05) is 23.8 Å². The third-order valence-electron chi connectivity index (χ3n) is 9.22. The van der Waals surface area contributed by atoms with Gasteiger partial charge in [-0.05, 0) is 98.0 Å². The summed E-state index contributed by atoms with van der Waals surface area (Å²) in [5.41, 5.74) is 9.21. The molecule has 3 heterocycles. The van der Waals surface area contributed by atoms with Gasteiger partial charge >= 0.3 is 0 Å². The van der Waals surface area contributed by atoms with Gasteiger partial charge in [-0.3, -0.25) is 29.5 Å². The Labute approximate surface area is 296 Å². The number of hydrogen-bond acceptors (Lipinski definition) is 7. The van der Waals surface area contributed by atoms with Crippen molar-refractivity contribution in [2.45, 2.75) is 46.1 Å². The molecule has 6 rings (SSSR count). The third-order valence-corrected chi connectivity index (χ3v) is 9.22. The van der Waals surface area contributed by atoms with E-state index in [1.165, 1.54) is 0 Å². The largest absolute Gasteiger partial charge is 0.374 e. The molecule has 1 aliphatic heterocycles. The minimum Gasteiger partial charge on any atom is -0.374 e. The van der Waals surface area contributed by atoms with Crippen molar-refractivity contribution in [1.82, 2.24) is 20.2 Å². The summed E-state index contributed by atoms with van der Waals surface area (Å²) in [6, 6.07) is 23.3. The van der Waals surface area contributed by atoms with Gasteiger partial charge in [-0.1, -0.05) is 37.0 Å². The molecular weight excluding hydrogens is 640 g/mol. The van der Waals surface area contributed by atoms with Crippen LogP contribution in [0.3, 0.4) is 0 Å². The molecular formula is C41H40N6O4. The van der Waals surface area contributed by atoms with Gasteiger partial charge in [0, 0.05) is 60.2 Å². The monoisotopic (exact) mass is 680 g/mol. The van der Waals surface area contributed by atoms with E-state index in [1.807, 2.05) is 76.5 Å². The molecule has 51 heavy (non-hydrogen) atoms. The Morgan fingerprint density at radius 2 is 1.78 bits per heavy atom. The van der Waals surface area contributed by atoms with Crippen LogP contribution >= 0.6 is 0 Å². The Balaban J connectivity index is 1.10. The second-order valence-corrected chi connectivity index (χ2v) is 12.8. The predicted molar refractivity (Wildman–Crippen MR) is 201 cm³/mol. The van der Waals surface area contributed by atoms with Crippen molar-refractivity contribution in [3.05, 3.63) is 117 Å². The zero-order valence-electron chi connectivity index (χ0n) is 29.4. The highest BCUT2D eigenvalue weighted by molar-refractivity contribution is 6.01. The van der Waals surface area contributed by atoms with E-state index in [2.05, 4.69) is 68.9 Å². The number of anilines is 3. The Hall–Kier alpha value is -6.21. The molecule has 1 saturated heterocycles. The molecule has 0 bridgehead atoms. The number of rotatable bonds is 8. The van der Waals surface area contributed by atoms with E-state index in [4.69, 9.17) is 0 Å². The number of imide groups is 1. The summed E-state index contributed by atoms with van der Waals surface area (Å²) in [7, 11) is 3.86. The van der Waals surface area contributed by atoms with Crippen molar-refractivity contribution < 1.29 is 14.4 Å². The molecule has 5 aromatic rings. The summed E-state index contributed by atoms with van der Waals surface area (Å²) >= 11 is 0.